The van der Waals surface area contributed by atoms with Crippen molar-refractivity contribution in [3.63, 3.8) is 0 Å². The molecule has 2 heterocycles. The van der Waals surface area contributed by atoms with Crippen LogP contribution in [0.4, 0.5) is 11.4 Å². The molecule has 9 nitrogen and oxygen atoms in total. The average molecular weight is 397 g/mol. The maximum atomic E-state index is 12.4. The third-order valence-electron chi connectivity index (χ3n) is 4.55. The van der Waals surface area contributed by atoms with Gasteiger partial charge < -0.3 is 19.7 Å². The fraction of sp³-hybridized carbons (Fsp3) is 0.529. The molecule has 10 heteroatoms. The van der Waals surface area contributed by atoms with Gasteiger partial charge >= 0.3 is 11.8 Å². The number of amides is 2. The molecule has 0 aliphatic carbocycles. The molecule has 0 spiro atoms. The Balaban J connectivity index is 1.80. The fourth-order valence-corrected chi connectivity index (χ4v) is 4.76. The third-order valence-corrected chi connectivity index (χ3v) is 6.40. The van der Waals surface area contributed by atoms with Crippen LogP contribution < -0.4 is 14.4 Å². The van der Waals surface area contributed by atoms with Crippen molar-refractivity contribution in [3.05, 3.63) is 18.2 Å². The van der Waals surface area contributed by atoms with Crippen molar-refractivity contribution in [1.29, 1.82) is 0 Å². The summed E-state index contributed by atoms with van der Waals surface area (Å²) in [5, 5.41) is 2.55. The van der Waals surface area contributed by atoms with E-state index in [1.807, 2.05) is 0 Å². The van der Waals surface area contributed by atoms with Crippen LogP contribution >= 0.6 is 0 Å². The van der Waals surface area contributed by atoms with E-state index in [2.05, 4.69) is 5.32 Å². The molecule has 2 aliphatic rings. The number of morpholine rings is 1. The summed E-state index contributed by atoms with van der Waals surface area (Å²) in [5.74, 6) is -0.948. The number of methoxy groups -OCH3 is 1. The average Bonchev–Trinajstić information content (AvgIpc) is 2.67. The summed E-state index contributed by atoms with van der Waals surface area (Å²) in [4.78, 5) is 25.9. The van der Waals surface area contributed by atoms with E-state index in [1.165, 1.54) is 22.4 Å². The van der Waals surface area contributed by atoms with Crippen LogP contribution in [0.1, 0.15) is 12.8 Å². The third kappa shape index (κ3) is 4.33. The molecule has 2 fully saturated rings. The highest BCUT2D eigenvalue weighted by molar-refractivity contribution is 7.92. The first-order valence-corrected chi connectivity index (χ1v) is 10.4. The van der Waals surface area contributed by atoms with Gasteiger partial charge in [0.25, 0.3) is 0 Å². The van der Waals surface area contributed by atoms with Gasteiger partial charge in [-0.2, -0.15) is 0 Å². The van der Waals surface area contributed by atoms with Crippen molar-refractivity contribution >= 4 is 33.2 Å². The Labute approximate surface area is 158 Å². The normalized spacial score (nSPS) is 19.4. The van der Waals surface area contributed by atoms with Gasteiger partial charge in [0.1, 0.15) is 5.75 Å². The first-order valence-electron chi connectivity index (χ1n) is 8.79. The summed E-state index contributed by atoms with van der Waals surface area (Å²) < 4.78 is 36.6. The molecule has 0 radical (unpaired) electrons. The highest BCUT2D eigenvalue weighted by Gasteiger charge is 2.29. The Bertz CT molecular complexity index is 820. The van der Waals surface area contributed by atoms with Crippen LogP contribution in [0.5, 0.6) is 5.75 Å². The van der Waals surface area contributed by atoms with Crippen molar-refractivity contribution in [2.75, 3.05) is 55.3 Å². The van der Waals surface area contributed by atoms with Crippen molar-refractivity contribution in [3.8, 4) is 5.75 Å². The Hall–Kier alpha value is -2.33. The zero-order valence-electron chi connectivity index (χ0n) is 15.1. The Kier molecular flexibility index (Phi) is 5.85. The van der Waals surface area contributed by atoms with E-state index in [4.69, 9.17) is 9.47 Å². The van der Waals surface area contributed by atoms with Gasteiger partial charge in [0.2, 0.25) is 10.0 Å². The lowest BCUT2D eigenvalue weighted by molar-refractivity contribution is -0.145. The van der Waals surface area contributed by atoms with Crippen LogP contribution in [0.3, 0.4) is 0 Å². The van der Waals surface area contributed by atoms with Crippen LogP contribution in [0.25, 0.3) is 0 Å². The quantitative estimate of drug-likeness (QED) is 0.742. The van der Waals surface area contributed by atoms with Crippen molar-refractivity contribution in [1.82, 2.24) is 4.90 Å². The summed E-state index contributed by atoms with van der Waals surface area (Å²) in [6, 6.07) is 4.67. The number of hydrogen-bond acceptors (Lipinski definition) is 6. The maximum Gasteiger partial charge on any atom is 0.313 e. The number of sulfonamides is 1. The summed E-state index contributed by atoms with van der Waals surface area (Å²) in [7, 11) is -1.98. The standard InChI is InChI=1S/C17H23N3O6S/c1-25-15-5-4-13(12-14(15)20-6-2-3-11-27(20,23)24)18-16(21)17(22)19-7-9-26-10-8-19/h4-5,12H,2-3,6-11H2,1H3,(H,18,21). The number of benzene rings is 1. The van der Waals surface area contributed by atoms with E-state index in [9.17, 15) is 18.0 Å². The van der Waals surface area contributed by atoms with Crippen LogP contribution in [-0.2, 0) is 24.3 Å². The Morgan fingerprint density at radius 3 is 2.56 bits per heavy atom. The van der Waals surface area contributed by atoms with E-state index in [0.717, 1.165) is 6.42 Å². The highest BCUT2D eigenvalue weighted by Crippen LogP contribution is 2.35. The minimum Gasteiger partial charge on any atom is -0.495 e. The van der Waals surface area contributed by atoms with E-state index >= 15 is 0 Å². The Morgan fingerprint density at radius 2 is 1.89 bits per heavy atom. The van der Waals surface area contributed by atoms with E-state index in [-0.39, 0.29) is 5.75 Å². The van der Waals surface area contributed by atoms with E-state index < -0.39 is 21.8 Å². The lowest BCUT2D eigenvalue weighted by atomic mass is 10.2. The number of carbonyl (C=O) groups is 2. The van der Waals surface area contributed by atoms with Gasteiger partial charge in [0.15, 0.2) is 0 Å². The van der Waals surface area contributed by atoms with Gasteiger partial charge in [-0.15, -0.1) is 0 Å². The smallest absolute Gasteiger partial charge is 0.313 e. The lowest BCUT2D eigenvalue weighted by Crippen LogP contribution is -2.45. The molecule has 148 valence electrons. The van der Waals surface area contributed by atoms with Gasteiger partial charge in [-0.3, -0.25) is 13.9 Å². The number of nitrogens with zero attached hydrogens (tertiary/aromatic N) is 2. The van der Waals surface area contributed by atoms with Gasteiger partial charge in [0, 0.05) is 25.3 Å². The Morgan fingerprint density at radius 1 is 1.15 bits per heavy atom. The van der Waals surface area contributed by atoms with Crippen LogP contribution in [0.2, 0.25) is 0 Å². The summed E-state index contributed by atoms with van der Waals surface area (Å²) in [6.07, 6.45) is 1.36. The molecule has 0 bridgehead atoms. The monoisotopic (exact) mass is 397 g/mol. The molecule has 0 saturated carbocycles. The molecule has 2 amide bonds. The number of rotatable bonds is 3. The van der Waals surface area contributed by atoms with Crippen LogP contribution in [0.15, 0.2) is 18.2 Å². The molecule has 0 atom stereocenters. The predicted molar refractivity (Wildman–Crippen MR) is 99.4 cm³/mol. The first-order chi connectivity index (χ1) is 12.9. The highest BCUT2D eigenvalue weighted by atomic mass is 32.2. The number of hydrogen-bond donors (Lipinski definition) is 1. The second kappa shape index (κ2) is 8.13. The van der Waals surface area contributed by atoms with Crippen molar-refractivity contribution < 1.29 is 27.5 Å². The molecule has 27 heavy (non-hydrogen) atoms. The molecular weight excluding hydrogens is 374 g/mol. The van der Waals surface area contributed by atoms with E-state index in [0.29, 0.717) is 56.4 Å². The largest absolute Gasteiger partial charge is 0.495 e. The summed E-state index contributed by atoms with van der Waals surface area (Å²) in [6.45, 7) is 1.89. The van der Waals surface area contributed by atoms with E-state index in [1.54, 1.807) is 12.1 Å². The van der Waals surface area contributed by atoms with Crippen LogP contribution in [0, 0.1) is 0 Å². The van der Waals surface area contributed by atoms with Gasteiger partial charge in [-0.05, 0) is 31.0 Å². The van der Waals surface area contributed by atoms with Crippen LogP contribution in [-0.4, -0.2) is 70.8 Å². The molecule has 3 rings (SSSR count). The second-order valence-electron chi connectivity index (χ2n) is 6.34. The SMILES string of the molecule is COc1ccc(NC(=O)C(=O)N2CCOCC2)cc1N1CCCCS1(=O)=O. The maximum absolute atomic E-state index is 12.4. The summed E-state index contributed by atoms with van der Waals surface area (Å²) >= 11 is 0. The minimum absolute atomic E-state index is 0.0717. The topological polar surface area (TPSA) is 105 Å². The molecule has 0 aromatic heterocycles. The number of nitrogens with one attached hydrogen (secondary N) is 1. The number of anilines is 2. The van der Waals surface area contributed by atoms with Gasteiger partial charge in [-0.1, -0.05) is 0 Å². The molecule has 1 aromatic carbocycles. The molecule has 2 aliphatic heterocycles. The van der Waals surface area contributed by atoms with Crippen molar-refractivity contribution in [2.24, 2.45) is 0 Å². The minimum atomic E-state index is -3.44. The molecule has 1 aromatic rings. The fourth-order valence-electron chi connectivity index (χ4n) is 3.12. The van der Waals surface area contributed by atoms with Crippen molar-refractivity contribution in [2.45, 2.75) is 12.8 Å². The summed E-state index contributed by atoms with van der Waals surface area (Å²) in [5.41, 5.74) is 0.687. The lowest BCUT2D eigenvalue weighted by Gasteiger charge is -2.30. The number of carbonyl (C=O) groups excluding carboxylic acids is 2. The predicted octanol–water partition coefficient (Wildman–Crippen LogP) is 0.422. The van der Waals surface area contributed by atoms with Gasteiger partial charge in [0.05, 0.1) is 31.8 Å². The molecule has 0 unspecified atom stereocenters. The second-order valence-corrected chi connectivity index (χ2v) is 8.35. The molecular formula is C17H23N3O6S. The number of ether oxygens (including phenoxy) is 2. The molecule has 2 saturated heterocycles. The first kappa shape index (κ1) is 19.4. The molecule has 1 N–H and O–H groups in total. The zero-order chi connectivity index (χ0) is 19.4. The zero-order valence-corrected chi connectivity index (χ0v) is 16.0. The van der Waals surface area contributed by atoms with Gasteiger partial charge in [-0.25, -0.2) is 8.42 Å².